The molecule has 0 saturated heterocycles. The van der Waals surface area contributed by atoms with Crippen LogP contribution in [0.3, 0.4) is 0 Å². The monoisotopic (exact) mass is 129 g/mol. The van der Waals surface area contributed by atoms with Gasteiger partial charge in [-0.25, -0.2) is 0 Å². The Labute approximate surface area is 54.6 Å². The second kappa shape index (κ2) is 4.21. The van der Waals surface area contributed by atoms with Crippen molar-refractivity contribution < 1.29 is 9.59 Å². The third kappa shape index (κ3) is 5.17. The maximum Gasteiger partial charge on any atom is 0.196 e. The largest absolute Gasteiger partial charge is 0.309 e. The summed E-state index contributed by atoms with van der Waals surface area (Å²) in [7, 11) is 3.72. The van der Waals surface area contributed by atoms with Crippen LogP contribution in [0, 0.1) is 0 Å². The molecule has 52 valence electrons. The van der Waals surface area contributed by atoms with E-state index in [-0.39, 0.29) is 5.78 Å². The lowest BCUT2D eigenvalue weighted by atomic mass is 10.3. The molecule has 0 unspecified atom stereocenters. The standard InChI is InChI=1S/C6H11NO2/c1-7(2)4-3-6(9)5-8/h5H,3-4H2,1-2H3. The predicted molar refractivity (Wildman–Crippen MR) is 34.2 cm³/mol. The molecule has 0 heterocycles. The highest BCUT2D eigenvalue weighted by Crippen LogP contribution is 1.81. The van der Waals surface area contributed by atoms with Crippen LogP contribution < -0.4 is 0 Å². The minimum Gasteiger partial charge on any atom is -0.309 e. The Morgan fingerprint density at radius 1 is 1.56 bits per heavy atom. The van der Waals surface area contributed by atoms with Gasteiger partial charge in [-0.3, -0.25) is 9.59 Å². The Morgan fingerprint density at radius 2 is 2.11 bits per heavy atom. The lowest BCUT2D eigenvalue weighted by Gasteiger charge is -2.05. The number of rotatable bonds is 4. The zero-order chi connectivity index (χ0) is 7.28. The molecule has 3 heteroatoms. The quantitative estimate of drug-likeness (QED) is 0.386. The number of nitrogens with zero attached hydrogens (tertiary/aromatic N) is 1. The maximum atomic E-state index is 10.3. The van der Waals surface area contributed by atoms with Crippen LogP contribution >= 0.6 is 0 Å². The van der Waals surface area contributed by atoms with Crippen LogP contribution in [-0.2, 0) is 9.59 Å². The molecule has 0 aromatic rings. The van der Waals surface area contributed by atoms with Crippen molar-refractivity contribution in [2.24, 2.45) is 0 Å². The van der Waals surface area contributed by atoms with Gasteiger partial charge in [0.15, 0.2) is 12.1 Å². The minimum atomic E-state index is -0.330. The zero-order valence-electron chi connectivity index (χ0n) is 5.76. The summed E-state index contributed by atoms with van der Waals surface area (Å²) >= 11 is 0. The van der Waals surface area contributed by atoms with Crippen molar-refractivity contribution in [3.05, 3.63) is 0 Å². The van der Waals surface area contributed by atoms with E-state index in [0.29, 0.717) is 19.3 Å². The van der Waals surface area contributed by atoms with Crippen molar-refractivity contribution in [2.75, 3.05) is 20.6 Å². The van der Waals surface area contributed by atoms with Crippen LogP contribution in [-0.4, -0.2) is 37.6 Å². The predicted octanol–water partition coefficient (Wildman–Crippen LogP) is -0.294. The highest BCUT2D eigenvalue weighted by atomic mass is 16.2. The highest BCUT2D eigenvalue weighted by Gasteiger charge is 1.97. The molecule has 0 aliphatic rings. The Kier molecular flexibility index (Phi) is 3.88. The molecule has 0 aromatic carbocycles. The number of carbonyl (C=O) groups excluding carboxylic acids is 2. The van der Waals surface area contributed by atoms with Gasteiger partial charge in [-0.2, -0.15) is 0 Å². The van der Waals surface area contributed by atoms with Crippen LogP contribution in [0.1, 0.15) is 6.42 Å². The molecule has 9 heavy (non-hydrogen) atoms. The first-order chi connectivity index (χ1) is 4.16. The Balaban J connectivity index is 3.27. The summed E-state index contributed by atoms with van der Waals surface area (Å²) < 4.78 is 0. The van der Waals surface area contributed by atoms with Crippen molar-refractivity contribution in [2.45, 2.75) is 6.42 Å². The molecule has 0 bridgehead atoms. The van der Waals surface area contributed by atoms with E-state index in [4.69, 9.17) is 0 Å². The molecule has 0 radical (unpaired) electrons. The van der Waals surface area contributed by atoms with Gasteiger partial charge in [0.2, 0.25) is 0 Å². The molecule has 0 aliphatic heterocycles. The van der Waals surface area contributed by atoms with Crippen LogP contribution in [0.25, 0.3) is 0 Å². The topological polar surface area (TPSA) is 37.4 Å². The van der Waals surface area contributed by atoms with Crippen molar-refractivity contribution in [1.29, 1.82) is 0 Å². The molecule has 0 saturated carbocycles. The number of hydrogen-bond acceptors (Lipinski definition) is 3. The number of hydrogen-bond donors (Lipinski definition) is 0. The summed E-state index contributed by atoms with van der Waals surface area (Å²) in [5.74, 6) is -0.330. The highest BCUT2D eigenvalue weighted by molar-refractivity contribution is 6.24. The SMILES string of the molecule is CN(C)CCC(=O)C=O. The van der Waals surface area contributed by atoms with Crippen LogP contribution in [0.2, 0.25) is 0 Å². The van der Waals surface area contributed by atoms with Crippen molar-refractivity contribution >= 4 is 12.1 Å². The molecule has 0 aromatic heterocycles. The minimum absolute atomic E-state index is 0.330. The number of Topliss-reactive ketones (excluding diaryl/α,β-unsaturated/α-hetero) is 1. The molecule has 0 spiro atoms. The van der Waals surface area contributed by atoms with Gasteiger partial charge in [-0.05, 0) is 14.1 Å². The van der Waals surface area contributed by atoms with E-state index < -0.39 is 0 Å². The molecule has 0 amide bonds. The number of ketones is 1. The second-order valence-corrected chi connectivity index (χ2v) is 2.14. The molecule has 0 aliphatic carbocycles. The van der Waals surface area contributed by atoms with E-state index in [1.54, 1.807) is 0 Å². The molecule has 0 atom stereocenters. The van der Waals surface area contributed by atoms with E-state index in [1.807, 2.05) is 19.0 Å². The third-order valence-electron chi connectivity index (χ3n) is 0.937. The average molecular weight is 129 g/mol. The molecular weight excluding hydrogens is 118 g/mol. The Hall–Kier alpha value is -0.700. The van der Waals surface area contributed by atoms with Crippen molar-refractivity contribution in [3.63, 3.8) is 0 Å². The lowest BCUT2D eigenvalue weighted by molar-refractivity contribution is -0.130. The molecule has 3 nitrogen and oxygen atoms in total. The lowest BCUT2D eigenvalue weighted by Crippen LogP contribution is -2.16. The molecular formula is C6H11NO2. The van der Waals surface area contributed by atoms with E-state index in [2.05, 4.69) is 0 Å². The van der Waals surface area contributed by atoms with Crippen LogP contribution in [0.4, 0.5) is 0 Å². The number of carbonyl (C=O) groups is 2. The van der Waals surface area contributed by atoms with E-state index in [0.717, 1.165) is 0 Å². The Morgan fingerprint density at radius 3 is 2.44 bits per heavy atom. The normalized spacial score (nSPS) is 9.67. The summed E-state index contributed by atoms with van der Waals surface area (Å²) in [5, 5.41) is 0. The number of aldehydes is 1. The van der Waals surface area contributed by atoms with E-state index in [1.165, 1.54) is 0 Å². The van der Waals surface area contributed by atoms with Crippen molar-refractivity contribution in [3.8, 4) is 0 Å². The van der Waals surface area contributed by atoms with E-state index >= 15 is 0 Å². The zero-order valence-corrected chi connectivity index (χ0v) is 5.76. The fourth-order valence-corrected chi connectivity index (χ4v) is 0.393. The fourth-order valence-electron chi connectivity index (χ4n) is 0.393. The van der Waals surface area contributed by atoms with Gasteiger partial charge in [0.25, 0.3) is 0 Å². The van der Waals surface area contributed by atoms with Gasteiger partial charge in [-0.15, -0.1) is 0 Å². The van der Waals surface area contributed by atoms with Gasteiger partial charge in [0.05, 0.1) is 0 Å². The van der Waals surface area contributed by atoms with Gasteiger partial charge < -0.3 is 4.90 Å². The molecule has 0 fully saturated rings. The van der Waals surface area contributed by atoms with Gasteiger partial charge in [0.1, 0.15) is 0 Å². The summed E-state index contributed by atoms with van der Waals surface area (Å²) in [5.41, 5.74) is 0. The maximum absolute atomic E-state index is 10.3. The van der Waals surface area contributed by atoms with Gasteiger partial charge in [0, 0.05) is 13.0 Å². The van der Waals surface area contributed by atoms with Gasteiger partial charge >= 0.3 is 0 Å². The van der Waals surface area contributed by atoms with Crippen LogP contribution in [0.15, 0.2) is 0 Å². The average Bonchev–Trinajstić information content (AvgIpc) is 1.83. The van der Waals surface area contributed by atoms with Gasteiger partial charge in [-0.1, -0.05) is 0 Å². The first-order valence-corrected chi connectivity index (χ1v) is 2.79. The smallest absolute Gasteiger partial charge is 0.196 e. The summed E-state index contributed by atoms with van der Waals surface area (Å²) in [6.07, 6.45) is 0.694. The molecule has 0 N–H and O–H groups in total. The first-order valence-electron chi connectivity index (χ1n) is 2.79. The van der Waals surface area contributed by atoms with Crippen LogP contribution in [0.5, 0.6) is 0 Å². The summed E-state index contributed by atoms with van der Waals surface area (Å²) in [6.45, 7) is 0.650. The summed E-state index contributed by atoms with van der Waals surface area (Å²) in [4.78, 5) is 21.9. The molecule has 0 rings (SSSR count). The fraction of sp³-hybridized carbons (Fsp3) is 0.667. The second-order valence-electron chi connectivity index (χ2n) is 2.14. The van der Waals surface area contributed by atoms with Crippen molar-refractivity contribution in [1.82, 2.24) is 4.90 Å². The summed E-state index contributed by atoms with van der Waals surface area (Å²) in [6, 6.07) is 0. The Bertz CT molecular complexity index is 110. The van der Waals surface area contributed by atoms with E-state index in [9.17, 15) is 9.59 Å². The first kappa shape index (κ1) is 8.30. The third-order valence-corrected chi connectivity index (χ3v) is 0.937.